The van der Waals surface area contributed by atoms with Gasteiger partial charge in [0.25, 0.3) is 0 Å². The van der Waals surface area contributed by atoms with E-state index in [1.54, 1.807) is 24.1 Å². The highest BCUT2D eigenvalue weighted by Gasteiger charge is 2.09. The van der Waals surface area contributed by atoms with E-state index in [0.717, 1.165) is 17.0 Å². The Labute approximate surface area is 76.0 Å². The predicted molar refractivity (Wildman–Crippen MR) is 50.1 cm³/mol. The summed E-state index contributed by atoms with van der Waals surface area (Å²) >= 11 is 0. The van der Waals surface area contributed by atoms with Gasteiger partial charge in [0.05, 0.1) is 6.26 Å². The third-order valence-electron chi connectivity index (χ3n) is 2.01. The van der Waals surface area contributed by atoms with Gasteiger partial charge in [0.2, 0.25) is 0 Å². The summed E-state index contributed by atoms with van der Waals surface area (Å²) in [5, 5.41) is 4.21. The maximum absolute atomic E-state index is 5.66. The number of aryl methyl sites for hydroxylation is 2. The summed E-state index contributed by atoms with van der Waals surface area (Å²) in [6, 6.07) is 3.70. The highest BCUT2D eigenvalue weighted by atomic mass is 16.3. The molecule has 0 radical (unpaired) electrons. The molecule has 2 aromatic rings. The molecule has 0 fully saturated rings. The van der Waals surface area contributed by atoms with E-state index >= 15 is 0 Å². The van der Waals surface area contributed by atoms with Gasteiger partial charge in [0.15, 0.2) is 5.76 Å². The number of furan rings is 1. The van der Waals surface area contributed by atoms with Gasteiger partial charge in [0.1, 0.15) is 11.5 Å². The Morgan fingerprint density at radius 3 is 2.77 bits per heavy atom. The second-order valence-corrected chi connectivity index (χ2v) is 3.01. The average molecular weight is 177 g/mol. The lowest BCUT2D eigenvalue weighted by atomic mass is 10.2. The van der Waals surface area contributed by atoms with Crippen LogP contribution in [0.15, 0.2) is 22.8 Å². The molecule has 0 aliphatic rings. The molecule has 0 aliphatic carbocycles. The molecule has 0 bridgehead atoms. The molecule has 0 unspecified atom stereocenters. The van der Waals surface area contributed by atoms with Crippen LogP contribution in [-0.2, 0) is 7.05 Å². The summed E-state index contributed by atoms with van der Waals surface area (Å²) in [4.78, 5) is 0. The smallest absolute Gasteiger partial charge is 0.157 e. The molecular weight excluding hydrogens is 166 g/mol. The van der Waals surface area contributed by atoms with E-state index in [4.69, 9.17) is 10.2 Å². The van der Waals surface area contributed by atoms with Crippen molar-refractivity contribution in [1.82, 2.24) is 9.78 Å². The van der Waals surface area contributed by atoms with Crippen LogP contribution in [0.25, 0.3) is 11.5 Å². The molecule has 2 heterocycles. The molecule has 0 spiro atoms. The van der Waals surface area contributed by atoms with E-state index in [1.807, 2.05) is 13.0 Å². The summed E-state index contributed by atoms with van der Waals surface area (Å²) < 4.78 is 6.91. The first-order valence-electron chi connectivity index (χ1n) is 4.02. The van der Waals surface area contributed by atoms with Gasteiger partial charge in [-0.15, -0.1) is 0 Å². The highest BCUT2D eigenvalue weighted by molar-refractivity contribution is 5.59. The van der Waals surface area contributed by atoms with Gasteiger partial charge in [-0.3, -0.25) is 4.68 Å². The maximum Gasteiger partial charge on any atom is 0.157 e. The van der Waals surface area contributed by atoms with Crippen molar-refractivity contribution >= 4 is 5.82 Å². The van der Waals surface area contributed by atoms with Gasteiger partial charge in [-0.1, -0.05) is 0 Å². The van der Waals surface area contributed by atoms with Crippen LogP contribution in [-0.4, -0.2) is 9.78 Å². The molecule has 0 aromatic carbocycles. The maximum atomic E-state index is 5.66. The van der Waals surface area contributed by atoms with Crippen molar-refractivity contribution in [3.8, 4) is 11.5 Å². The summed E-state index contributed by atoms with van der Waals surface area (Å²) in [5.41, 5.74) is 7.50. The number of anilines is 1. The van der Waals surface area contributed by atoms with Crippen LogP contribution in [0.4, 0.5) is 5.82 Å². The van der Waals surface area contributed by atoms with Gasteiger partial charge in [-0.25, -0.2) is 0 Å². The minimum Gasteiger partial charge on any atom is -0.462 e. The second-order valence-electron chi connectivity index (χ2n) is 3.01. The normalized spacial score (nSPS) is 10.6. The molecule has 0 amide bonds. The molecular formula is C9H11N3O. The first-order valence-corrected chi connectivity index (χ1v) is 4.02. The van der Waals surface area contributed by atoms with E-state index in [-0.39, 0.29) is 0 Å². The summed E-state index contributed by atoms with van der Waals surface area (Å²) in [6.07, 6.45) is 1.65. The van der Waals surface area contributed by atoms with Crippen LogP contribution >= 0.6 is 0 Å². The quantitative estimate of drug-likeness (QED) is 0.719. The van der Waals surface area contributed by atoms with Crippen LogP contribution < -0.4 is 5.73 Å². The largest absolute Gasteiger partial charge is 0.462 e. The zero-order valence-electron chi connectivity index (χ0n) is 7.61. The number of aromatic nitrogens is 2. The number of rotatable bonds is 1. The summed E-state index contributed by atoms with van der Waals surface area (Å²) in [7, 11) is 1.80. The third kappa shape index (κ3) is 1.20. The Balaban J connectivity index is 2.53. The highest BCUT2D eigenvalue weighted by Crippen LogP contribution is 2.23. The zero-order valence-corrected chi connectivity index (χ0v) is 7.61. The van der Waals surface area contributed by atoms with Crippen LogP contribution in [0, 0.1) is 6.92 Å². The topological polar surface area (TPSA) is 57.0 Å². The predicted octanol–water partition coefficient (Wildman–Crippen LogP) is 1.57. The molecule has 2 N–H and O–H groups in total. The van der Waals surface area contributed by atoms with Crippen molar-refractivity contribution < 1.29 is 4.42 Å². The van der Waals surface area contributed by atoms with Crippen molar-refractivity contribution in [2.45, 2.75) is 6.92 Å². The van der Waals surface area contributed by atoms with Gasteiger partial charge >= 0.3 is 0 Å². The van der Waals surface area contributed by atoms with Crippen LogP contribution in [0.2, 0.25) is 0 Å². The lowest BCUT2D eigenvalue weighted by molar-refractivity contribution is 0.576. The minimum absolute atomic E-state index is 0.630. The molecule has 13 heavy (non-hydrogen) atoms. The number of nitrogen functional groups attached to an aromatic ring is 1. The molecule has 0 aliphatic heterocycles. The molecule has 4 heteroatoms. The Morgan fingerprint density at radius 1 is 1.54 bits per heavy atom. The zero-order chi connectivity index (χ0) is 9.42. The van der Waals surface area contributed by atoms with E-state index in [0.29, 0.717) is 5.82 Å². The Kier molecular flexibility index (Phi) is 1.62. The summed E-state index contributed by atoms with van der Waals surface area (Å²) in [5.74, 6) is 1.41. The van der Waals surface area contributed by atoms with Crippen LogP contribution in [0.1, 0.15) is 5.56 Å². The van der Waals surface area contributed by atoms with Crippen LogP contribution in [0.5, 0.6) is 0 Å². The third-order valence-corrected chi connectivity index (χ3v) is 2.01. The lowest BCUT2D eigenvalue weighted by Gasteiger charge is -1.91. The molecule has 2 aromatic heterocycles. The number of hydrogen-bond acceptors (Lipinski definition) is 3. The van der Waals surface area contributed by atoms with Crippen molar-refractivity contribution in [2.75, 3.05) is 5.73 Å². The van der Waals surface area contributed by atoms with E-state index < -0.39 is 0 Å². The Bertz CT molecular complexity index is 408. The van der Waals surface area contributed by atoms with E-state index in [2.05, 4.69) is 5.10 Å². The fourth-order valence-electron chi connectivity index (χ4n) is 1.23. The minimum atomic E-state index is 0.630. The number of nitrogens with two attached hydrogens (primary N) is 1. The van der Waals surface area contributed by atoms with E-state index in [1.165, 1.54) is 0 Å². The van der Waals surface area contributed by atoms with Crippen molar-refractivity contribution in [3.63, 3.8) is 0 Å². The lowest BCUT2D eigenvalue weighted by Crippen LogP contribution is -1.96. The summed E-state index contributed by atoms with van der Waals surface area (Å²) in [6.45, 7) is 1.98. The Hall–Kier alpha value is -1.71. The molecule has 68 valence electrons. The van der Waals surface area contributed by atoms with Gasteiger partial charge < -0.3 is 10.2 Å². The number of hydrogen-bond donors (Lipinski definition) is 1. The van der Waals surface area contributed by atoms with Gasteiger partial charge in [-0.05, 0) is 18.6 Å². The molecule has 2 rings (SSSR count). The molecule has 0 saturated carbocycles. The molecule has 4 nitrogen and oxygen atoms in total. The monoisotopic (exact) mass is 177 g/mol. The second kappa shape index (κ2) is 2.65. The van der Waals surface area contributed by atoms with Gasteiger partial charge in [-0.2, -0.15) is 5.10 Å². The van der Waals surface area contributed by atoms with E-state index in [9.17, 15) is 0 Å². The fraction of sp³-hybridized carbons (Fsp3) is 0.222. The average Bonchev–Trinajstić information content (AvgIpc) is 2.60. The van der Waals surface area contributed by atoms with Crippen molar-refractivity contribution in [2.24, 2.45) is 7.05 Å². The van der Waals surface area contributed by atoms with Crippen molar-refractivity contribution in [3.05, 3.63) is 24.0 Å². The molecule has 0 atom stereocenters. The van der Waals surface area contributed by atoms with Crippen molar-refractivity contribution in [1.29, 1.82) is 0 Å². The molecule has 0 saturated heterocycles. The standard InChI is InChI=1S/C9H11N3O/c1-6-3-4-13-9(6)7-5-8(10)12(2)11-7/h3-5H,10H2,1-2H3. The SMILES string of the molecule is Cc1ccoc1-c1cc(N)n(C)n1. The first-order chi connectivity index (χ1) is 6.18. The fourth-order valence-corrected chi connectivity index (χ4v) is 1.23. The first kappa shape index (κ1) is 7.91. The van der Waals surface area contributed by atoms with Gasteiger partial charge in [0, 0.05) is 13.1 Å². The Morgan fingerprint density at radius 2 is 2.31 bits per heavy atom. The number of nitrogens with zero attached hydrogens (tertiary/aromatic N) is 2. The van der Waals surface area contributed by atoms with Crippen LogP contribution in [0.3, 0.4) is 0 Å².